The Labute approximate surface area is 125 Å². The molecule has 2 aromatic heterocycles. The molecule has 0 saturated carbocycles. The third-order valence-corrected chi connectivity index (χ3v) is 3.84. The molecule has 0 aliphatic rings. The second-order valence-corrected chi connectivity index (χ2v) is 5.25. The van der Waals surface area contributed by atoms with Crippen LogP contribution in [0.15, 0.2) is 55.0 Å². The van der Waals surface area contributed by atoms with Gasteiger partial charge in [-0.15, -0.1) is 0 Å². The van der Waals surface area contributed by atoms with Crippen LogP contribution < -0.4 is 4.74 Å². The summed E-state index contributed by atoms with van der Waals surface area (Å²) in [6, 6.07) is 12.6. The van der Waals surface area contributed by atoms with Gasteiger partial charge in [0, 0.05) is 36.0 Å². The van der Waals surface area contributed by atoms with Gasteiger partial charge in [-0.2, -0.15) is 0 Å². The van der Waals surface area contributed by atoms with Gasteiger partial charge in [0.25, 0.3) is 0 Å². The number of hydrogen-bond donors (Lipinski definition) is 0. The molecule has 0 aliphatic heterocycles. The topological polar surface area (TPSA) is 27.1 Å². The summed E-state index contributed by atoms with van der Waals surface area (Å²) in [6.07, 6.45) is 9.38. The van der Waals surface area contributed by atoms with Gasteiger partial charge in [0.15, 0.2) is 0 Å². The summed E-state index contributed by atoms with van der Waals surface area (Å²) in [5, 5.41) is 1.24. The van der Waals surface area contributed by atoms with Gasteiger partial charge in [-0.25, -0.2) is 0 Å². The van der Waals surface area contributed by atoms with Crippen LogP contribution in [0.3, 0.4) is 0 Å². The quantitative estimate of drug-likeness (QED) is 0.636. The predicted molar refractivity (Wildman–Crippen MR) is 85.7 cm³/mol. The zero-order valence-electron chi connectivity index (χ0n) is 12.3. The molecular weight excluding hydrogens is 260 g/mol. The van der Waals surface area contributed by atoms with Crippen molar-refractivity contribution in [3.05, 3.63) is 60.6 Å². The predicted octanol–water partition coefficient (Wildman–Crippen LogP) is 4.07. The lowest BCUT2D eigenvalue weighted by atomic mass is 10.1. The van der Waals surface area contributed by atoms with Crippen LogP contribution in [-0.4, -0.2) is 16.7 Å². The molecule has 0 saturated heterocycles. The van der Waals surface area contributed by atoms with Gasteiger partial charge in [0.05, 0.1) is 7.11 Å². The first-order valence-corrected chi connectivity index (χ1v) is 7.38. The van der Waals surface area contributed by atoms with E-state index in [1.165, 1.54) is 29.3 Å². The summed E-state index contributed by atoms with van der Waals surface area (Å²) in [7, 11) is 1.71. The van der Waals surface area contributed by atoms with Crippen LogP contribution in [0.25, 0.3) is 10.9 Å². The first-order valence-electron chi connectivity index (χ1n) is 7.38. The molecule has 3 nitrogen and oxygen atoms in total. The van der Waals surface area contributed by atoms with Crippen LogP contribution in [0.5, 0.6) is 5.75 Å². The van der Waals surface area contributed by atoms with E-state index in [9.17, 15) is 0 Å². The number of benzene rings is 1. The zero-order chi connectivity index (χ0) is 14.5. The van der Waals surface area contributed by atoms with Crippen LogP contribution in [-0.2, 0) is 13.0 Å². The minimum absolute atomic E-state index is 0.915. The van der Waals surface area contributed by atoms with Crippen molar-refractivity contribution in [2.24, 2.45) is 0 Å². The van der Waals surface area contributed by atoms with Crippen LogP contribution >= 0.6 is 0 Å². The number of methoxy groups -OCH3 is 1. The number of pyridine rings is 1. The number of aryl methyl sites for hydroxylation is 2. The zero-order valence-corrected chi connectivity index (χ0v) is 12.3. The maximum atomic E-state index is 5.26. The normalized spacial score (nSPS) is 10.9. The minimum atomic E-state index is 0.915. The summed E-state index contributed by atoms with van der Waals surface area (Å²) >= 11 is 0. The van der Waals surface area contributed by atoms with Crippen molar-refractivity contribution >= 4 is 10.9 Å². The average Bonchev–Trinajstić information content (AvgIpc) is 2.95. The molecule has 1 aromatic carbocycles. The molecule has 0 bridgehead atoms. The fourth-order valence-electron chi connectivity index (χ4n) is 2.66. The molecule has 3 rings (SSSR count). The van der Waals surface area contributed by atoms with Crippen LogP contribution in [0.4, 0.5) is 0 Å². The Kier molecular flexibility index (Phi) is 4.20. The minimum Gasteiger partial charge on any atom is -0.497 e. The Morgan fingerprint density at radius 1 is 1.05 bits per heavy atom. The van der Waals surface area contributed by atoms with Crippen molar-refractivity contribution in [2.45, 2.75) is 25.8 Å². The number of aromatic nitrogens is 2. The standard InChI is InChI=1S/C18H20N2O/c1-21-17-5-6-18-16(14-17)9-13-20(18)12-3-2-4-15-7-10-19-11-8-15/h5-11,13-14H,2-4,12H2,1H3. The van der Waals surface area contributed by atoms with E-state index in [0.29, 0.717) is 0 Å². The van der Waals surface area contributed by atoms with E-state index in [2.05, 4.69) is 46.1 Å². The maximum absolute atomic E-state index is 5.26. The van der Waals surface area contributed by atoms with E-state index in [1.54, 1.807) is 7.11 Å². The monoisotopic (exact) mass is 280 g/mol. The fraction of sp³-hybridized carbons (Fsp3) is 0.278. The second-order valence-electron chi connectivity index (χ2n) is 5.25. The van der Waals surface area contributed by atoms with Crippen LogP contribution in [0.2, 0.25) is 0 Å². The molecule has 0 radical (unpaired) electrons. The highest BCUT2D eigenvalue weighted by molar-refractivity contribution is 5.81. The van der Waals surface area contributed by atoms with Crippen molar-refractivity contribution in [3.8, 4) is 5.75 Å². The lowest BCUT2D eigenvalue weighted by Gasteiger charge is -2.06. The summed E-state index contributed by atoms with van der Waals surface area (Å²) in [6.45, 7) is 1.06. The molecule has 2 heterocycles. The lowest BCUT2D eigenvalue weighted by molar-refractivity contribution is 0.415. The Morgan fingerprint density at radius 3 is 2.71 bits per heavy atom. The molecular formula is C18H20N2O. The van der Waals surface area contributed by atoms with Gasteiger partial charge in [0.1, 0.15) is 5.75 Å². The van der Waals surface area contributed by atoms with Gasteiger partial charge in [0.2, 0.25) is 0 Å². The van der Waals surface area contributed by atoms with E-state index in [0.717, 1.165) is 18.7 Å². The Bertz CT molecular complexity index is 704. The highest BCUT2D eigenvalue weighted by atomic mass is 16.5. The summed E-state index contributed by atoms with van der Waals surface area (Å²) in [4.78, 5) is 4.05. The molecule has 0 aliphatic carbocycles. The van der Waals surface area contributed by atoms with E-state index in [1.807, 2.05) is 18.5 Å². The molecule has 21 heavy (non-hydrogen) atoms. The smallest absolute Gasteiger partial charge is 0.119 e. The number of fused-ring (bicyclic) bond motifs is 1. The maximum Gasteiger partial charge on any atom is 0.119 e. The van der Waals surface area contributed by atoms with Crippen molar-refractivity contribution in [1.82, 2.24) is 9.55 Å². The number of rotatable bonds is 6. The Morgan fingerprint density at radius 2 is 1.90 bits per heavy atom. The van der Waals surface area contributed by atoms with Crippen molar-refractivity contribution in [2.75, 3.05) is 7.11 Å². The molecule has 0 N–H and O–H groups in total. The average molecular weight is 280 g/mol. The van der Waals surface area contributed by atoms with Crippen LogP contribution in [0, 0.1) is 0 Å². The molecule has 0 amide bonds. The highest BCUT2D eigenvalue weighted by Gasteiger charge is 2.02. The summed E-state index contributed by atoms with van der Waals surface area (Å²) in [5.41, 5.74) is 2.65. The molecule has 0 fully saturated rings. The number of nitrogens with zero attached hydrogens (tertiary/aromatic N) is 2. The number of ether oxygens (including phenoxy) is 1. The molecule has 3 heteroatoms. The van der Waals surface area contributed by atoms with Crippen LogP contribution in [0.1, 0.15) is 18.4 Å². The first kappa shape index (κ1) is 13.7. The lowest BCUT2D eigenvalue weighted by Crippen LogP contribution is -1.97. The van der Waals surface area contributed by atoms with Crippen molar-refractivity contribution in [3.63, 3.8) is 0 Å². The highest BCUT2D eigenvalue weighted by Crippen LogP contribution is 2.22. The number of hydrogen-bond acceptors (Lipinski definition) is 2. The van der Waals surface area contributed by atoms with Crippen molar-refractivity contribution in [1.29, 1.82) is 0 Å². The van der Waals surface area contributed by atoms with E-state index < -0.39 is 0 Å². The van der Waals surface area contributed by atoms with E-state index in [-0.39, 0.29) is 0 Å². The first-order chi connectivity index (χ1) is 10.4. The fourth-order valence-corrected chi connectivity index (χ4v) is 2.66. The van der Waals surface area contributed by atoms with Gasteiger partial charge in [-0.1, -0.05) is 0 Å². The van der Waals surface area contributed by atoms with Gasteiger partial charge in [-0.05, 0) is 61.2 Å². The molecule has 3 aromatic rings. The van der Waals surface area contributed by atoms with Gasteiger partial charge >= 0.3 is 0 Å². The van der Waals surface area contributed by atoms with Crippen molar-refractivity contribution < 1.29 is 4.74 Å². The number of unbranched alkanes of at least 4 members (excludes halogenated alkanes) is 1. The SMILES string of the molecule is COc1ccc2c(ccn2CCCCc2ccncc2)c1. The summed E-state index contributed by atoms with van der Waals surface area (Å²) < 4.78 is 7.59. The molecule has 0 atom stereocenters. The second kappa shape index (κ2) is 6.44. The van der Waals surface area contributed by atoms with E-state index >= 15 is 0 Å². The van der Waals surface area contributed by atoms with Gasteiger partial charge in [-0.3, -0.25) is 4.98 Å². The van der Waals surface area contributed by atoms with E-state index in [4.69, 9.17) is 4.74 Å². The third kappa shape index (κ3) is 3.24. The molecule has 0 unspecified atom stereocenters. The Balaban J connectivity index is 1.58. The largest absolute Gasteiger partial charge is 0.497 e. The summed E-state index contributed by atoms with van der Waals surface area (Å²) in [5.74, 6) is 0.915. The molecule has 0 spiro atoms. The van der Waals surface area contributed by atoms with Gasteiger partial charge < -0.3 is 9.30 Å². The molecule has 108 valence electrons. The Hall–Kier alpha value is -2.29. The third-order valence-electron chi connectivity index (χ3n) is 3.84.